The zero-order chi connectivity index (χ0) is 13.5. The third kappa shape index (κ3) is 6.34. The van der Waals surface area contributed by atoms with Crippen molar-refractivity contribution in [2.24, 2.45) is 5.92 Å². The van der Waals surface area contributed by atoms with Crippen molar-refractivity contribution in [3.8, 4) is 0 Å². The summed E-state index contributed by atoms with van der Waals surface area (Å²) < 4.78 is 1.16. The van der Waals surface area contributed by atoms with E-state index in [1.165, 1.54) is 25.7 Å². The Bertz CT molecular complexity index is 236. The largest absolute Gasteiger partial charge is 0.295 e. The number of allylic oxidation sites excluding steroid dienone is 1. The summed E-state index contributed by atoms with van der Waals surface area (Å²) in [7, 11) is 0. The first-order valence-corrected chi connectivity index (χ1v) is 8.06. The molecule has 0 nitrogen and oxygen atoms in total. The fourth-order valence-electron chi connectivity index (χ4n) is 1.56. The Morgan fingerprint density at radius 2 is 1.88 bits per heavy atom. The summed E-state index contributed by atoms with van der Waals surface area (Å²) in [6, 6.07) is 0. The van der Waals surface area contributed by atoms with Gasteiger partial charge in [0.2, 0.25) is 0 Å². The normalized spacial score (nSPS) is 13.3. The van der Waals surface area contributed by atoms with Crippen LogP contribution in [0.5, 0.6) is 0 Å². The molecular weight excluding hydrogens is 294 g/mol. The smallest absolute Gasteiger partial charge is 0.188 e. The second kappa shape index (κ2) is 8.64. The molecule has 0 heterocycles. The van der Waals surface area contributed by atoms with Gasteiger partial charge < -0.3 is 0 Å². The lowest BCUT2D eigenvalue weighted by atomic mass is 9.48. The first-order chi connectivity index (χ1) is 7.84. The van der Waals surface area contributed by atoms with E-state index < -0.39 is 0 Å². The molecule has 0 aromatic heterocycles. The van der Waals surface area contributed by atoms with Crippen molar-refractivity contribution < 1.29 is 0 Å². The topological polar surface area (TPSA) is 0 Å². The molecule has 0 fully saturated rings. The van der Waals surface area contributed by atoms with E-state index in [0.717, 1.165) is 10.8 Å². The van der Waals surface area contributed by atoms with E-state index in [2.05, 4.69) is 56.6 Å². The molecule has 0 rings (SSSR count). The molecule has 0 amide bonds. The van der Waals surface area contributed by atoms with Gasteiger partial charge in [-0.25, -0.2) is 0 Å². The van der Waals surface area contributed by atoms with Gasteiger partial charge in [0.05, 0.1) is 0 Å². The van der Waals surface area contributed by atoms with E-state index in [0.29, 0.717) is 5.92 Å². The summed E-state index contributed by atoms with van der Waals surface area (Å²) in [6.45, 7) is 11.2. The van der Waals surface area contributed by atoms with Crippen LogP contribution >= 0.6 is 27.4 Å². The molecule has 100 valence electrons. The molecule has 0 aromatic rings. The number of rotatable bonds is 8. The van der Waals surface area contributed by atoms with Crippen molar-refractivity contribution in [2.75, 3.05) is 0 Å². The lowest BCUT2D eigenvalue weighted by Gasteiger charge is -2.31. The predicted octanol–water partition coefficient (Wildman–Crippen LogP) is 6.44. The lowest BCUT2D eigenvalue weighted by Crippen LogP contribution is -2.28. The zero-order valence-electron chi connectivity index (χ0n) is 12.0. The zero-order valence-corrected chi connectivity index (χ0v) is 14.4. The van der Waals surface area contributed by atoms with Crippen molar-refractivity contribution in [2.45, 2.75) is 72.0 Å². The van der Waals surface area contributed by atoms with Crippen LogP contribution in [0.15, 0.2) is 10.5 Å². The minimum atomic E-state index is 0.0775. The highest BCUT2D eigenvalue weighted by Crippen LogP contribution is 2.43. The highest BCUT2D eigenvalue weighted by molar-refractivity contribution is 9.12. The molecule has 0 aliphatic carbocycles. The maximum atomic E-state index is 6.54. The summed E-state index contributed by atoms with van der Waals surface area (Å²) in [5, 5.41) is 0.125. The van der Waals surface area contributed by atoms with Crippen molar-refractivity contribution in [3.05, 3.63) is 10.5 Å². The number of unbranched alkanes of at least 4 members (excludes halogenated alkanes) is 4. The quantitative estimate of drug-likeness (QED) is 0.356. The first-order valence-electron chi connectivity index (χ1n) is 6.83. The van der Waals surface area contributed by atoms with Crippen LogP contribution in [-0.2, 0) is 0 Å². The standard InChI is InChI=1S/C14H27BBrCl/c1-6-7-8-9-10-11-13(16)15(17)14(4,5)12(2)3/h11-12H,6-10H2,1-5H3/b13-11-. The number of halogens is 2. The van der Waals surface area contributed by atoms with Gasteiger partial charge in [-0.15, -0.1) is 0 Å². The maximum absolute atomic E-state index is 6.54. The van der Waals surface area contributed by atoms with Gasteiger partial charge in [0.25, 0.3) is 6.13 Å². The van der Waals surface area contributed by atoms with Gasteiger partial charge in [0.1, 0.15) is 0 Å². The first kappa shape index (κ1) is 17.6. The third-order valence-corrected chi connectivity index (χ3v) is 5.62. The number of hydrogen-bond donors (Lipinski definition) is 0. The van der Waals surface area contributed by atoms with Crippen LogP contribution in [0.2, 0.25) is 5.31 Å². The van der Waals surface area contributed by atoms with Gasteiger partial charge in [-0.05, 0) is 28.5 Å². The van der Waals surface area contributed by atoms with Crippen LogP contribution in [-0.4, -0.2) is 6.13 Å². The Morgan fingerprint density at radius 1 is 1.29 bits per heavy atom. The van der Waals surface area contributed by atoms with Crippen molar-refractivity contribution in [3.63, 3.8) is 0 Å². The van der Waals surface area contributed by atoms with Crippen molar-refractivity contribution in [1.82, 2.24) is 0 Å². The van der Waals surface area contributed by atoms with Crippen molar-refractivity contribution in [1.29, 1.82) is 0 Å². The Morgan fingerprint density at radius 3 is 2.35 bits per heavy atom. The Hall–Kier alpha value is 0.575. The van der Waals surface area contributed by atoms with Gasteiger partial charge in [0, 0.05) is 0 Å². The fraction of sp³-hybridized carbons (Fsp3) is 0.857. The van der Waals surface area contributed by atoms with Crippen LogP contribution in [0.25, 0.3) is 0 Å². The minimum Gasteiger partial charge on any atom is -0.188 e. The molecule has 0 unspecified atom stereocenters. The Balaban J connectivity index is 4.20. The molecule has 0 N–H and O–H groups in total. The third-order valence-electron chi connectivity index (χ3n) is 3.78. The fourth-order valence-corrected chi connectivity index (χ4v) is 2.72. The lowest BCUT2D eigenvalue weighted by molar-refractivity contribution is 0.473. The maximum Gasteiger partial charge on any atom is 0.295 e. The van der Waals surface area contributed by atoms with Gasteiger partial charge in [-0.2, -0.15) is 11.5 Å². The van der Waals surface area contributed by atoms with Gasteiger partial charge in [0.15, 0.2) is 0 Å². The van der Waals surface area contributed by atoms with Crippen LogP contribution < -0.4 is 0 Å². The Kier molecular flexibility index (Phi) is 8.93. The van der Waals surface area contributed by atoms with Gasteiger partial charge in [-0.3, -0.25) is 0 Å². The molecule has 0 bridgehead atoms. The molecule has 3 heteroatoms. The number of hydrogen-bond acceptors (Lipinski definition) is 0. The predicted molar refractivity (Wildman–Crippen MR) is 86.3 cm³/mol. The molecule has 0 saturated heterocycles. The second-order valence-electron chi connectivity index (χ2n) is 5.78. The van der Waals surface area contributed by atoms with Crippen LogP contribution in [0, 0.1) is 5.92 Å². The van der Waals surface area contributed by atoms with E-state index in [4.69, 9.17) is 11.5 Å². The molecule has 0 atom stereocenters. The van der Waals surface area contributed by atoms with E-state index in [-0.39, 0.29) is 11.4 Å². The van der Waals surface area contributed by atoms with Gasteiger partial charge in [-0.1, -0.05) is 75.9 Å². The van der Waals surface area contributed by atoms with E-state index in [1.807, 2.05) is 0 Å². The van der Waals surface area contributed by atoms with E-state index in [9.17, 15) is 0 Å². The summed E-state index contributed by atoms with van der Waals surface area (Å²) in [5.74, 6) is 0.575. The van der Waals surface area contributed by atoms with Crippen molar-refractivity contribution >= 4 is 33.5 Å². The SMILES string of the molecule is CCCCCC/C=C(\Br)B(Cl)C(C)(C)C(C)C. The highest BCUT2D eigenvalue weighted by Gasteiger charge is 2.36. The Labute approximate surface area is 122 Å². The molecule has 17 heavy (non-hydrogen) atoms. The molecule has 0 aliphatic rings. The average Bonchev–Trinajstić information content (AvgIpc) is 2.27. The molecule has 0 radical (unpaired) electrons. The van der Waals surface area contributed by atoms with Crippen LogP contribution in [0.1, 0.15) is 66.7 Å². The monoisotopic (exact) mass is 320 g/mol. The molecular formula is C14H27BBrCl. The van der Waals surface area contributed by atoms with Gasteiger partial charge >= 0.3 is 0 Å². The van der Waals surface area contributed by atoms with E-state index in [1.54, 1.807) is 0 Å². The summed E-state index contributed by atoms with van der Waals surface area (Å²) >= 11 is 10.2. The highest BCUT2D eigenvalue weighted by atomic mass is 79.9. The van der Waals surface area contributed by atoms with E-state index >= 15 is 0 Å². The average molecular weight is 322 g/mol. The molecule has 0 aromatic carbocycles. The molecule has 0 spiro atoms. The van der Waals surface area contributed by atoms with Crippen LogP contribution in [0.4, 0.5) is 0 Å². The second-order valence-corrected chi connectivity index (χ2v) is 7.13. The molecule has 0 saturated carbocycles. The van der Waals surface area contributed by atoms with Crippen LogP contribution in [0.3, 0.4) is 0 Å². The molecule has 0 aliphatic heterocycles. The summed E-state index contributed by atoms with van der Waals surface area (Å²) in [4.78, 5) is 0. The summed E-state index contributed by atoms with van der Waals surface area (Å²) in [5.41, 5.74) is 0. The minimum absolute atomic E-state index is 0.0775. The summed E-state index contributed by atoms with van der Waals surface area (Å²) in [6.07, 6.45) is 8.71.